The van der Waals surface area contributed by atoms with Crippen LogP contribution >= 0.6 is 11.8 Å². The summed E-state index contributed by atoms with van der Waals surface area (Å²) in [5.41, 5.74) is 1.55. The number of fused-ring (bicyclic) bond motifs is 1. The molecule has 5 nitrogen and oxygen atoms in total. The molecule has 2 aromatic carbocycles. The van der Waals surface area contributed by atoms with Gasteiger partial charge in [-0.2, -0.15) is 0 Å². The summed E-state index contributed by atoms with van der Waals surface area (Å²) in [5.74, 6) is -0.139. The van der Waals surface area contributed by atoms with Crippen LogP contribution in [0.5, 0.6) is 0 Å². The van der Waals surface area contributed by atoms with Crippen molar-refractivity contribution in [1.82, 2.24) is 9.47 Å². The molecule has 1 N–H and O–H groups in total. The molecule has 0 bridgehead atoms. The van der Waals surface area contributed by atoms with Crippen molar-refractivity contribution < 1.29 is 14.0 Å². The first-order valence-corrected chi connectivity index (χ1v) is 10.6. The Morgan fingerprint density at radius 3 is 2.52 bits per heavy atom. The van der Waals surface area contributed by atoms with Crippen LogP contribution in [0.15, 0.2) is 59.6 Å². The fraction of sp³-hybridized carbons (Fsp3) is 0.273. The predicted molar refractivity (Wildman–Crippen MR) is 114 cm³/mol. The number of aromatic nitrogens is 1. The summed E-state index contributed by atoms with van der Waals surface area (Å²) in [4.78, 5) is 27.7. The van der Waals surface area contributed by atoms with E-state index in [4.69, 9.17) is 0 Å². The molecule has 0 radical (unpaired) electrons. The summed E-state index contributed by atoms with van der Waals surface area (Å²) in [7, 11) is 0. The smallest absolute Gasteiger partial charge is 0.242 e. The van der Waals surface area contributed by atoms with Crippen molar-refractivity contribution in [2.75, 3.05) is 24.2 Å². The van der Waals surface area contributed by atoms with Crippen LogP contribution < -0.4 is 5.32 Å². The summed E-state index contributed by atoms with van der Waals surface area (Å²) in [6.07, 6.45) is 4.10. The SMILES string of the molecule is O=C(CSc1cn(CC(=O)N2CCCC2)c2ccccc12)Nc1ccc(F)cc1. The molecule has 0 spiro atoms. The number of anilines is 1. The standard InChI is InChI=1S/C22H22FN3O2S/c23-16-7-9-17(10-8-16)24-21(27)15-29-20-13-26(19-6-2-1-5-18(19)20)14-22(28)25-11-3-4-12-25/h1-2,5-10,13H,3-4,11-12,14-15H2,(H,24,27). The fourth-order valence-electron chi connectivity index (χ4n) is 3.54. The number of benzene rings is 2. The Balaban J connectivity index is 1.45. The molecule has 0 saturated carbocycles. The minimum Gasteiger partial charge on any atom is -0.341 e. The van der Waals surface area contributed by atoms with Gasteiger partial charge in [-0.15, -0.1) is 11.8 Å². The van der Waals surface area contributed by atoms with E-state index in [1.807, 2.05) is 39.9 Å². The Morgan fingerprint density at radius 2 is 1.76 bits per heavy atom. The Bertz CT molecular complexity index is 1030. The average molecular weight is 412 g/mol. The van der Waals surface area contributed by atoms with Gasteiger partial charge in [0.25, 0.3) is 0 Å². The number of para-hydroxylation sites is 1. The van der Waals surface area contributed by atoms with E-state index in [0.717, 1.165) is 41.7 Å². The quantitative estimate of drug-likeness (QED) is 0.621. The largest absolute Gasteiger partial charge is 0.341 e. The van der Waals surface area contributed by atoms with Gasteiger partial charge in [0.1, 0.15) is 12.4 Å². The van der Waals surface area contributed by atoms with Crippen LogP contribution in [0.3, 0.4) is 0 Å². The van der Waals surface area contributed by atoms with Crippen molar-refractivity contribution in [3.8, 4) is 0 Å². The summed E-state index contributed by atoms with van der Waals surface area (Å²) in [6.45, 7) is 1.98. The molecule has 2 amide bonds. The molecule has 0 unspecified atom stereocenters. The first-order valence-electron chi connectivity index (χ1n) is 9.64. The minimum atomic E-state index is -0.339. The van der Waals surface area contributed by atoms with E-state index in [2.05, 4.69) is 5.32 Å². The maximum Gasteiger partial charge on any atom is 0.242 e. The van der Waals surface area contributed by atoms with E-state index in [1.54, 1.807) is 0 Å². The number of hydrogen-bond donors (Lipinski definition) is 1. The van der Waals surface area contributed by atoms with E-state index in [-0.39, 0.29) is 23.4 Å². The van der Waals surface area contributed by atoms with Crippen LogP contribution in [-0.2, 0) is 16.1 Å². The van der Waals surface area contributed by atoms with Crippen LogP contribution in [0.1, 0.15) is 12.8 Å². The Hall–Kier alpha value is -2.80. The number of nitrogens with zero attached hydrogens (tertiary/aromatic N) is 2. The molecule has 1 aliphatic rings. The lowest BCUT2D eigenvalue weighted by Crippen LogP contribution is -2.30. The van der Waals surface area contributed by atoms with Crippen LogP contribution in [0, 0.1) is 5.82 Å². The molecule has 150 valence electrons. The van der Waals surface area contributed by atoms with Crippen molar-refractivity contribution in [2.24, 2.45) is 0 Å². The van der Waals surface area contributed by atoms with Gasteiger partial charge in [-0.3, -0.25) is 9.59 Å². The van der Waals surface area contributed by atoms with Crippen molar-refractivity contribution in [3.63, 3.8) is 0 Å². The topological polar surface area (TPSA) is 54.3 Å². The van der Waals surface area contributed by atoms with E-state index >= 15 is 0 Å². The van der Waals surface area contributed by atoms with Gasteiger partial charge >= 0.3 is 0 Å². The molecule has 1 aromatic heterocycles. The summed E-state index contributed by atoms with van der Waals surface area (Å²) in [5, 5.41) is 3.80. The van der Waals surface area contributed by atoms with Crippen LogP contribution in [0.25, 0.3) is 10.9 Å². The zero-order valence-corrected chi connectivity index (χ0v) is 16.8. The third-order valence-corrected chi connectivity index (χ3v) is 6.05. The van der Waals surface area contributed by atoms with Gasteiger partial charge in [0.15, 0.2) is 0 Å². The van der Waals surface area contributed by atoms with Gasteiger partial charge in [-0.1, -0.05) is 18.2 Å². The number of likely N-dealkylation sites (tertiary alicyclic amines) is 1. The van der Waals surface area contributed by atoms with Gasteiger partial charge in [-0.25, -0.2) is 4.39 Å². The lowest BCUT2D eigenvalue weighted by atomic mass is 10.2. The number of hydrogen-bond acceptors (Lipinski definition) is 3. The first-order chi connectivity index (χ1) is 14.1. The molecule has 0 aliphatic carbocycles. The van der Waals surface area contributed by atoms with E-state index in [9.17, 15) is 14.0 Å². The average Bonchev–Trinajstić information content (AvgIpc) is 3.37. The predicted octanol–water partition coefficient (Wildman–Crippen LogP) is 4.13. The summed E-state index contributed by atoms with van der Waals surface area (Å²) >= 11 is 1.43. The van der Waals surface area contributed by atoms with Crippen molar-refractivity contribution >= 4 is 40.2 Å². The molecule has 29 heavy (non-hydrogen) atoms. The Kier molecular flexibility index (Phi) is 5.85. The second kappa shape index (κ2) is 8.69. The van der Waals surface area contributed by atoms with E-state index in [0.29, 0.717) is 12.2 Å². The molecule has 1 saturated heterocycles. The lowest BCUT2D eigenvalue weighted by molar-refractivity contribution is -0.130. The van der Waals surface area contributed by atoms with Crippen molar-refractivity contribution in [1.29, 1.82) is 0 Å². The maximum absolute atomic E-state index is 13.0. The third kappa shape index (κ3) is 4.62. The molecular weight excluding hydrogens is 389 g/mol. The highest BCUT2D eigenvalue weighted by Crippen LogP contribution is 2.30. The van der Waals surface area contributed by atoms with Crippen molar-refractivity contribution in [2.45, 2.75) is 24.3 Å². The summed E-state index contributed by atoms with van der Waals surface area (Å²) < 4.78 is 15.0. The van der Waals surface area contributed by atoms with Crippen molar-refractivity contribution in [3.05, 3.63) is 60.5 Å². The monoisotopic (exact) mass is 411 g/mol. The highest BCUT2D eigenvalue weighted by Gasteiger charge is 2.19. The van der Waals surface area contributed by atoms with Gasteiger partial charge < -0.3 is 14.8 Å². The van der Waals surface area contributed by atoms with Crippen LogP contribution in [0.4, 0.5) is 10.1 Å². The third-order valence-electron chi connectivity index (χ3n) is 5.00. The zero-order chi connectivity index (χ0) is 20.2. The second-order valence-corrected chi connectivity index (χ2v) is 8.09. The van der Waals surface area contributed by atoms with Crippen LogP contribution in [0.2, 0.25) is 0 Å². The number of rotatable bonds is 6. The summed E-state index contributed by atoms with van der Waals surface area (Å²) in [6, 6.07) is 13.6. The number of carbonyl (C=O) groups excluding carboxylic acids is 2. The Labute approximate surface area is 172 Å². The van der Waals surface area contributed by atoms with Gasteiger partial charge in [-0.05, 0) is 43.2 Å². The first kappa shape index (κ1) is 19.5. The lowest BCUT2D eigenvalue weighted by Gasteiger charge is -2.15. The fourth-order valence-corrected chi connectivity index (χ4v) is 4.43. The molecular formula is C22H22FN3O2S. The molecule has 2 heterocycles. The van der Waals surface area contributed by atoms with E-state index < -0.39 is 0 Å². The molecule has 3 aromatic rings. The second-order valence-electron chi connectivity index (χ2n) is 7.07. The molecule has 4 rings (SSSR count). The molecule has 0 atom stereocenters. The normalized spacial score (nSPS) is 13.8. The zero-order valence-electron chi connectivity index (χ0n) is 15.9. The number of amides is 2. The number of thioether (sulfide) groups is 1. The van der Waals surface area contributed by atoms with Gasteiger partial charge in [0.05, 0.1) is 5.75 Å². The number of carbonyl (C=O) groups is 2. The number of nitrogens with one attached hydrogen (secondary N) is 1. The minimum absolute atomic E-state index is 0.133. The van der Waals surface area contributed by atoms with E-state index in [1.165, 1.54) is 36.0 Å². The maximum atomic E-state index is 13.0. The molecule has 7 heteroatoms. The molecule has 1 fully saturated rings. The number of halogens is 1. The highest BCUT2D eigenvalue weighted by molar-refractivity contribution is 8.00. The highest BCUT2D eigenvalue weighted by atomic mass is 32.2. The Morgan fingerprint density at radius 1 is 1.03 bits per heavy atom. The van der Waals surface area contributed by atoms with Gasteiger partial charge in [0.2, 0.25) is 11.8 Å². The van der Waals surface area contributed by atoms with Gasteiger partial charge in [0, 0.05) is 40.8 Å². The molecule has 1 aliphatic heterocycles. The van der Waals surface area contributed by atoms with Crippen LogP contribution in [-0.4, -0.2) is 40.1 Å².